The van der Waals surface area contributed by atoms with Gasteiger partial charge in [0.15, 0.2) is 5.82 Å². The van der Waals surface area contributed by atoms with Gasteiger partial charge in [-0.2, -0.15) is 4.98 Å². The number of anilines is 2. The lowest BCUT2D eigenvalue weighted by atomic mass is 9.77. The van der Waals surface area contributed by atoms with Gasteiger partial charge in [0, 0.05) is 24.5 Å². The highest BCUT2D eigenvalue weighted by atomic mass is 35.5. The maximum absolute atomic E-state index is 12.7. The van der Waals surface area contributed by atoms with Crippen molar-refractivity contribution in [3.05, 3.63) is 45.6 Å². The van der Waals surface area contributed by atoms with E-state index in [0.29, 0.717) is 23.9 Å². The van der Waals surface area contributed by atoms with Crippen LogP contribution in [0.25, 0.3) is 5.57 Å². The fraction of sp³-hybridized carbons (Fsp3) is 0.500. The maximum atomic E-state index is 12.7. The van der Waals surface area contributed by atoms with Crippen molar-refractivity contribution < 1.29 is 9.66 Å². The molecule has 1 atom stereocenters. The molecule has 0 unspecified atom stereocenters. The van der Waals surface area contributed by atoms with Crippen LogP contribution in [0.2, 0.25) is 5.02 Å². The van der Waals surface area contributed by atoms with Crippen molar-refractivity contribution in [2.24, 2.45) is 0 Å². The quantitative estimate of drug-likeness (QED) is 0.662. The summed E-state index contributed by atoms with van der Waals surface area (Å²) in [6, 6.07) is 6.26. The van der Waals surface area contributed by atoms with E-state index in [0.717, 1.165) is 67.2 Å². The number of nitrogens with one attached hydrogen (secondary N) is 1. The summed E-state index contributed by atoms with van der Waals surface area (Å²) in [6.07, 6.45) is 6.63. The highest BCUT2D eigenvalue weighted by molar-refractivity contribution is 7.91. The Balaban J connectivity index is 1.33. The summed E-state index contributed by atoms with van der Waals surface area (Å²) in [5.41, 5.74) is 6.16. The molecule has 1 aromatic heterocycles. The highest BCUT2D eigenvalue weighted by Crippen LogP contribution is 2.41. The average Bonchev–Trinajstić information content (AvgIpc) is 3.16. The molecule has 1 fully saturated rings. The molecule has 2 N–H and O–H groups in total. The van der Waals surface area contributed by atoms with Crippen LogP contribution in [0.4, 0.5) is 11.8 Å². The number of fused-ring (bicyclic) bond motifs is 3. The molecule has 1 saturated carbocycles. The van der Waals surface area contributed by atoms with Crippen molar-refractivity contribution >= 4 is 40.1 Å². The van der Waals surface area contributed by atoms with Gasteiger partial charge in [-0.05, 0) is 84.1 Å². The Labute approximate surface area is 196 Å². The summed E-state index contributed by atoms with van der Waals surface area (Å²) < 4.78 is 12.7. The number of aryl methyl sites for hydroxylation is 2. The number of hydrogen-bond donors (Lipinski definition) is 2. The molecule has 2 aromatic rings. The summed E-state index contributed by atoms with van der Waals surface area (Å²) in [6.45, 7) is 1.74. The third-order valence-electron chi connectivity index (χ3n) is 7.48. The predicted molar refractivity (Wildman–Crippen MR) is 128 cm³/mol. The zero-order chi connectivity index (χ0) is 21.9. The van der Waals surface area contributed by atoms with Crippen LogP contribution in [0.15, 0.2) is 28.7 Å². The second-order valence-electron chi connectivity index (χ2n) is 9.42. The highest BCUT2D eigenvalue weighted by Gasteiger charge is 2.41. The summed E-state index contributed by atoms with van der Waals surface area (Å²) in [5.74, 6) is 1.98. The number of rotatable bonds is 4. The number of aromatic nitrogens is 2. The molecule has 8 heteroatoms. The molecule has 0 saturated heterocycles. The van der Waals surface area contributed by atoms with E-state index >= 15 is 0 Å². The van der Waals surface area contributed by atoms with Gasteiger partial charge in [-0.15, -0.1) is 0 Å². The van der Waals surface area contributed by atoms with Gasteiger partial charge in [-0.25, -0.2) is 4.98 Å². The van der Waals surface area contributed by atoms with E-state index in [1.54, 1.807) is 0 Å². The molecule has 3 heterocycles. The second-order valence-corrected chi connectivity index (χ2v) is 11.4. The van der Waals surface area contributed by atoms with Crippen LogP contribution in [0.1, 0.15) is 48.9 Å². The monoisotopic (exact) mass is 470 g/mol. The van der Waals surface area contributed by atoms with Crippen molar-refractivity contribution in [3.63, 3.8) is 0 Å². The van der Waals surface area contributed by atoms with Gasteiger partial charge in [0.25, 0.3) is 0 Å². The summed E-state index contributed by atoms with van der Waals surface area (Å²) in [7, 11) is 0. The third-order valence-corrected chi connectivity index (χ3v) is 9.18. The SMILES string of the molecule is [O-][S@+]1CCc2nc(N3CCC4=C(CCc5cc(Cl)ccc54)C3)nc(NC3(CO)CCC3)c21. The molecule has 0 spiro atoms. The van der Waals surface area contributed by atoms with Crippen molar-refractivity contribution in [1.82, 2.24) is 9.97 Å². The van der Waals surface area contributed by atoms with Gasteiger partial charge in [0.2, 0.25) is 10.8 Å². The van der Waals surface area contributed by atoms with Crippen LogP contribution in [-0.4, -0.2) is 50.6 Å². The molecule has 6 rings (SSSR count). The summed E-state index contributed by atoms with van der Waals surface area (Å²) in [4.78, 5) is 12.8. The first kappa shape index (κ1) is 20.8. The van der Waals surface area contributed by atoms with Crippen LogP contribution in [0, 0.1) is 0 Å². The number of aliphatic hydroxyl groups is 1. The Hall–Kier alpha value is -1.80. The summed E-state index contributed by atoms with van der Waals surface area (Å²) >= 11 is 5.13. The molecule has 0 amide bonds. The predicted octanol–water partition coefficient (Wildman–Crippen LogP) is 3.73. The van der Waals surface area contributed by atoms with E-state index in [9.17, 15) is 9.66 Å². The standard InChI is InChI=1S/C24H27ClN4O2S/c25-17-4-5-18-15(12-17)2-3-16-13-29(10-6-19(16)18)23-26-20-7-11-32(31)21(20)22(27-23)28-24(14-30)8-1-9-24/h4-5,12,30H,1-3,6-11,13-14H2,(H,26,27,28)/t32-/m1/s1. The Kier molecular flexibility index (Phi) is 5.13. The van der Waals surface area contributed by atoms with Crippen LogP contribution >= 0.6 is 11.6 Å². The fourth-order valence-electron chi connectivity index (χ4n) is 5.49. The smallest absolute Gasteiger partial charge is 0.228 e. The minimum atomic E-state index is -1.08. The first-order valence-electron chi connectivity index (χ1n) is 11.5. The zero-order valence-electron chi connectivity index (χ0n) is 18.0. The van der Waals surface area contributed by atoms with Crippen molar-refractivity contribution in [3.8, 4) is 0 Å². The topological polar surface area (TPSA) is 84.3 Å². The van der Waals surface area contributed by atoms with Gasteiger partial charge < -0.3 is 19.9 Å². The fourth-order valence-corrected chi connectivity index (χ4v) is 6.99. The Morgan fingerprint density at radius 1 is 1.19 bits per heavy atom. The lowest BCUT2D eigenvalue weighted by Gasteiger charge is -2.41. The molecule has 0 radical (unpaired) electrons. The van der Waals surface area contributed by atoms with Gasteiger partial charge in [-0.3, -0.25) is 0 Å². The number of hydrogen-bond acceptors (Lipinski definition) is 6. The van der Waals surface area contributed by atoms with E-state index in [-0.39, 0.29) is 12.1 Å². The third kappa shape index (κ3) is 3.41. The Morgan fingerprint density at radius 3 is 2.84 bits per heavy atom. The zero-order valence-corrected chi connectivity index (χ0v) is 19.6. The largest absolute Gasteiger partial charge is 0.611 e. The van der Waals surface area contributed by atoms with Crippen molar-refractivity contribution in [2.75, 3.05) is 35.7 Å². The lowest BCUT2D eigenvalue weighted by Crippen LogP contribution is -2.49. The van der Waals surface area contributed by atoms with Crippen LogP contribution in [-0.2, 0) is 24.0 Å². The minimum absolute atomic E-state index is 0.0666. The molecule has 32 heavy (non-hydrogen) atoms. The lowest BCUT2D eigenvalue weighted by molar-refractivity contribution is 0.143. The molecule has 2 aliphatic carbocycles. The van der Waals surface area contributed by atoms with E-state index in [4.69, 9.17) is 21.6 Å². The van der Waals surface area contributed by atoms with E-state index < -0.39 is 11.2 Å². The van der Waals surface area contributed by atoms with E-state index in [1.807, 2.05) is 6.07 Å². The number of aliphatic hydroxyl groups excluding tert-OH is 1. The van der Waals surface area contributed by atoms with Crippen LogP contribution in [0.3, 0.4) is 0 Å². The molecule has 0 bridgehead atoms. The summed E-state index contributed by atoms with van der Waals surface area (Å²) in [5, 5.41) is 14.2. The molecular weight excluding hydrogens is 444 g/mol. The van der Waals surface area contributed by atoms with E-state index in [2.05, 4.69) is 22.3 Å². The minimum Gasteiger partial charge on any atom is -0.611 e. The Morgan fingerprint density at radius 2 is 2.06 bits per heavy atom. The molecule has 4 aliphatic rings. The number of nitrogens with zero attached hydrogens (tertiary/aromatic N) is 3. The number of benzene rings is 1. The van der Waals surface area contributed by atoms with Crippen molar-refractivity contribution in [1.29, 1.82) is 0 Å². The van der Waals surface area contributed by atoms with Crippen LogP contribution in [0.5, 0.6) is 0 Å². The number of halogens is 1. The molecule has 2 aliphatic heterocycles. The van der Waals surface area contributed by atoms with E-state index in [1.165, 1.54) is 22.3 Å². The first-order valence-corrected chi connectivity index (χ1v) is 13.2. The average molecular weight is 471 g/mol. The van der Waals surface area contributed by atoms with Crippen molar-refractivity contribution in [2.45, 2.75) is 55.4 Å². The molecule has 168 valence electrons. The second kappa shape index (κ2) is 7.90. The van der Waals surface area contributed by atoms with Crippen LogP contribution < -0.4 is 10.2 Å². The van der Waals surface area contributed by atoms with Gasteiger partial charge in [0.05, 0.1) is 12.1 Å². The molecule has 1 aromatic carbocycles. The maximum Gasteiger partial charge on any atom is 0.228 e. The van der Waals surface area contributed by atoms with Gasteiger partial charge in [0.1, 0.15) is 11.4 Å². The van der Waals surface area contributed by atoms with Gasteiger partial charge in [-0.1, -0.05) is 17.7 Å². The van der Waals surface area contributed by atoms with Gasteiger partial charge >= 0.3 is 0 Å². The Bertz CT molecular complexity index is 1110. The molecular formula is C24H27ClN4O2S. The normalized spacial score (nSPS) is 23.3. The first-order chi connectivity index (χ1) is 15.5. The molecule has 6 nitrogen and oxygen atoms in total.